The number of hydrogen-bond acceptors (Lipinski definition) is 2. The van der Waals surface area contributed by atoms with E-state index >= 15 is 0 Å². The molecule has 0 heterocycles. The van der Waals surface area contributed by atoms with Gasteiger partial charge in [-0.15, -0.1) is 0 Å². The predicted molar refractivity (Wildman–Crippen MR) is 78.2 cm³/mol. The summed E-state index contributed by atoms with van der Waals surface area (Å²) in [5.41, 5.74) is 6.02. The maximum Gasteiger partial charge on any atom is 0.230 e. The molecule has 1 aromatic rings. The summed E-state index contributed by atoms with van der Waals surface area (Å²) in [4.78, 5) is 12.1. The highest BCUT2D eigenvalue weighted by Gasteiger charge is 2.24. The van der Waals surface area contributed by atoms with E-state index in [9.17, 15) is 13.6 Å². The molecule has 0 spiro atoms. The van der Waals surface area contributed by atoms with E-state index in [1.165, 1.54) is 12.1 Å². The lowest BCUT2D eigenvalue weighted by molar-refractivity contribution is -0.123. The number of nitrogens with two attached hydrogens (primary N) is 1. The summed E-state index contributed by atoms with van der Waals surface area (Å²) in [6.45, 7) is 3.98. The monoisotopic (exact) mass is 300 g/mol. The Morgan fingerprint density at radius 1 is 1.30 bits per heavy atom. The van der Waals surface area contributed by atoms with Crippen LogP contribution in [0.1, 0.15) is 19.4 Å². The molecule has 1 rings (SSSR count). The molecule has 0 saturated heterocycles. The van der Waals surface area contributed by atoms with E-state index in [0.717, 1.165) is 6.07 Å². The number of benzene rings is 1. The zero-order valence-electron chi connectivity index (χ0n) is 11.5. The molecule has 20 heavy (non-hydrogen) atoms. The van der Waals surface area contributed by atoms with Gasteiger partial charge in [0.05, 0.1) is 10.9 Å². The number of carbonyl (C=O) groups excluding carboxylic acids is 1. The van der Waals surface area contributed by atoms with Crippen molar-refractivity contribution in [2.45, 2.75) is 20.3 Å². The second-order valence-corrected chi connectivity index (χ2v) is 5.41. The molecule has 0 saturated carbocycles. The van der Waals surface area contributed by atoms with Crippen LogP contribution < -0.4 is 11.1 Å². The summed E-state index contributed by atoms with van der Waals surface area (Å²) in [7, 11) is 0. The van der Waals surface area contributed by atoms with Crippen molar-refractivity contribution < 1.29 is 13.6 Å². The Hall–Kier alpha value is -1.56. The zero-order chi connectivity index (χ0) is 15.3. The average Bonchev–Trinajstić information content (AvgIpc) is 2.26. The molecule has 110 valence electrons. The van der Waals surface area contributed by atoms with Crippen LogP contribution in [0.4, 0.5) is 8.78 Å². The Kier molecular flexibility index (Phi) is 6.01. The van der Waals surface area contributed by atoms with Gasteiger partial charge in [0.25, 0.3) is 0 Å². The standard InChI is InChI=1S/C14H18F2N2OS/c1-8(2)12(13(17)20)14(19)18-4-3-9-5-10(15)7-11(16)6-9/h5-8,12H,3-4H2,1-2H3,(H2,17,20)(H,18,19). The Balaban J connectivity index is 2.55. The van der Waals surface area contributed by atoms with Gasteiger partial charge in [-0.25, -0.2) is 8.78 Å². The van der Waals surface area contributed by atoms with Crippen LogP contribution in [0.3, 0.4) is 0 Å². The van der Waals surface area contributed by atoms with Crippen LogP contribution in [-0.2, 0) is 11.2 Å². The number of rotatable bonds is 6. The number of nitrogens with one attached hydrogen (secondary N) is 1. The van der Waals surface area contributed by atoms with E-state index in [-0.39, 0.29) is 23.4 Å². The summed E-state index contributed by atoms with van der Waals surface area (Å²) < 4.78 is 26.0. The number of hydrogen-bond donors (Lipinski definition) is 2. The lowest BCUT2D eigenvalue weighted by atomic mass is 9.95. The second kappa shape index (κ2) is 7.28. The fraction of sp³-hybridized carbons (Fsp3) is 0.429. The minimum absolute atomic E-state index is 0.000820. The zero-order valence-corrected chi connectivity index (χ0v) is 12.3. The largest absolute Gasteiger partial charge is 0.393 e. The molecule has 1 unspecified atom stereocenters. The Labute approximate surface area is 122 Å². The Morgan fingerprint density at radius 3 is 2.30 bits per heavy atom. The van der Waals surface area contributed by atoms with Gasteiger partial charge < -0.3 is 11.1 Å². The second-order valence-electron chi connectivity index (χ2n) is 4.94. The molecule has 0 aromatic heterocycles. The van der Waals surface area contributed by atoms with Gasteiger partial charge in [0.1, 0.15) is 11.6 Å². The van der Waals surface area contributed by atoms with Crippen LogP contribution in [0.25, 0.3) is 0 Å². The van der Waals surface area contributed by atoms with Crippen LogP contribution in [-0.4, -0.2) is 17.4 Å². The number of amides is 1. The first-order valence-corrected chi connectivity index (χ1v) is 6.74. The lowest BCUT2D eigenvalue weighted by Crippen LogP contribution is -2.41. The lowest BCUT2D eigenvalue weighted by Gasteiger charge is -2.18. The maximum atomic E-state index is 13.0. The normalized spacial score (nSPS) is 12.2. The van der Waals surface area contributed by atoms with Gasteiger partial charge in [0.2, 0.25) is 5.91 Å². The van der Waals surface area contributed by atoms with E-state index < -0.39 is 17.6 Å². The third kappa shape index (κ3) is 4.85. The molecule has 0 radical (unpaired) electrons. The number of carbonyl (C=O) groups is 1. The molecule has 0 bridgehead atoms. The molecule has 3 N–H and O–H groups in total. The molecule has 1 atom stereocenters. The van der Waals surface area contributed by atoms with Crippen molar-refractivity contribution in [1.29, 1.82) is 0 Å². The topological polar surface area (TPSA) is 55.1 Å². The SMILES string of the molecule is CC(C)C(C(=O)NCCc1cc(F)cc(F)c1)C(N)=S. The summed E-state index contributed by atoms with van der Waals surface area (Å²) in [5, 5.41) is 2.68. The van der Waals surface area contributed by atoms with Crippen LogP contribution in [0.15, 0.2) is 18.2 Å². The van der Waals surface area contributed by atoms with Gasteiger partial charge >= 0.3 is 0 Å². The Morgan fingerprint density at radius 2 is 1.85 bits per heavy atom. The average molecular weight is 300 g/mol. The van der Waals surface area contributed by atoms with Gasteiger partial charge in [-0.2, -0.15) is 0 Å². The van der Waals surface area contributed by atoms with Crippen molar-refractivity contribution in [1.82, 2.24) is 5.32 Å². The van der Waals surface area contributed by atoms with Crippen molar-refractivity contribution >= 4 is 23.1 Å². The van der Waals surface area contributed by atoms with Crippen molar-refractivity contribution in [2.24, 2.45) is 17.6 Å². The third-order valence-corrected chi connectivity index (χ3v) is 3.14. The molecule has 6 heteroatoms. The van der Waals surface area contributed by atoms with E-state index in [0.29, 0.717) is 12.0 Å². The van der Waals surface area contributed by atoms with Gasteiger partial charge in [0, 0.05) is 12.6 Å². The molecular formula is C14H18F2N2OS. The van der Waals surface area contributed by atoms with Crippen LogP contribution in [0.2, 0.25) is 0 Å². The fourth-order valence-electron chi connectivity index (χ4n) is 1.96. The maximum absolute atomic E-state index is 13.0. The summed E-state index contributed by atoms with van der Waals surface area (Å²) in [5.74, 6) is -2.05. The first kappa shape index (κ1) is 16.5. The summed E-state index contributed by atoms with van der Waals surface area (Å²) in [6.07, 6.45) is 0.336. The fourth-order valence-corrected chi connectivity index (χ4v) is 2.33. The number of halogens is 2. The molecule has 0 aliphatic carbocycles. The quantitative estimate of drug-likeness (QED) is 0.792. The van der Waals surface area contributed by atoms with Gasteiger partial charge in [0.15, 0.2) is 0 Å². The van der Waals surface area contributed by atoms with Gasteiger partial charge in [-0.05, 0) is 30.0 Å². The first-order chi connectivity index (χ1) is 9.31. The van der Waals surface area contributed by atoms with Crippen LogP contribution in [0.5, 0.6) is 0 Å². The molecular weight excluding hydrogens is 282 g/mol. The predicted octanol–water partition coefficient (Wildman–Crippen LogP) is 2.18. The molecule has 1 aromatic carbocycles. The molecule has 1 amide bonds. The van der Waals surface area contributed by atoms with Crippen LogP contribution in [0, 0.1) is 23.5 Å². The van der Waals surface area contributed by atoms with E-state index in [1.807, 2.05) is 13.8 Å². The summed E-state index contributed by atoms with van der Waals surface area (Å²) >= 11 is 4.87. The van der Waals surface area contributed by atoms with E-state index in [4.69, 9.17) is 18.0 Å². The Bertz CT molecular complexity index is 486. The highest BCUT2D eigenvalue weighted by Crippen LogP contribution is 2.12. The minimum Gasteiger partial charge on any atom is -0.393 e. The number of thiocarbonyl (C=S) groups is 1. The van der Waals surface area contributed by atoms with Gasteiger partial charge in [-0.3, -0.25) is 4.79 Å². The molecule has 0 aliphatic rings. The molecule has 0 fully saturated rings. The van der Waals surface area contributed by atoms with Crippen molar-refractivity contribution in [3.8, 4) is 0 Å². The summed E-state index contributed by atoms with van der Waals surface area (Å²) in [6, 6.07) is 3.29. The molecule has 0 aliphatic heterocycles. The smallest absolute Gasteiger partial charge is 0.230 e. The van der Waals surface area contributed by atoms with Crippen LogP contribution >= 0.6 is 12.2 Å². The molecule has 3 nitrogen and oxygen atoms in total. The van der Waals surface area contributed by atoms with Crippen molar-refractivity contribution in [2.75, 3.05) is 6.54 Å². The van der Waals surface area contributed by atoms with Gasteiger partial charge in [-0.1, -0.05) is 26.1 Å². The van der Waals surface area contributed by atoms with Crippen molar-refractivity contribution in [3.63, 3.8) is 0 Å². The third-order valence-electron chi connectivity index (χ3n) is 2.89. The highest BCUT2D eigenvalue weighted by atomic mass is 32.1. The highest BCUT2D eigenvalue weighted by molar-refractivity contribution is 7.80. The van der Waals surface area contributed by atoms with E-state index in [1.54, 1.807) is 0 Å². The first-order valence-electron chi connectivity index (χ1n) is 6.33. The van der Waals surface area contributed by atoms with E-state index in [2.05, 4.69) is 5.32 Å². The van der Waals surface area contributed by atoms with Crippen molar-refractivity contribution in [3.05, 3.63) is 35.4 Å². The minimum atomic E-state index is -0.630.